The smallest absolute Gasteiger partial charge is 0.261 e. The number of nitrogens with zero attached hydrogens (tertiary/aromatic N) is 1. The van der Waals surface area contributed by atoms with Crippen molar-refractivity contribution in [3.05, 3.63) is 83.2 Å². The van der Waals surface area contributed by atoms with E-state index in [9.17, 15) is 17.9 Å². The summed E-state index contributed by atoms with van der Waals surface area (Å²) >= 11 is 0. The lowest BCUT2D eigenvalue weighted by Crippen LogP contribution is -2.34. The van der Waals surface area contributed by atoms with Gasteiger partial charge < -0.3 is 14.6 Å². The molecule has 3 unspecified atom stereocenters. The number of hydrogen-bond donors (Lipinski definition) is 2. The number of aliphatic hydroxyl groups excluding tert-OH is 1. The molecule has 0 saturated heterocycles. The van der Waals surface area contributed by atoms with Crippen LogP contribution >= 0.6 is 0 Å². The minimum absolute atomic E-state index is 0.0230. The summed E-state index contributed by atoms with van der Waals surface area (Å²) < 4.78 is 52.1. The van der Waals surface area contributed by atoms with Crippen molar-refractivity contribution in [1.29, 1.82) is 0 Å². The van der Waals surface area contributed by atoms with Crippen molar-refractivity contribution in [1.82, 2.24) is 0 Å². The summed E-state index contributed by atoms with van der Waals surface area (Å²) in [5, 5.41) is 10.3. The van der Waals surface area contributed by atoms with Crippen molar-refractivity contribution in [2.75, 3.05) is 18.9 Å². The van der Waals surface area contributed by atoms with Crippen LogP contribution in [0.3, 0.4) is 0 Å². The van der Waals surface area contributed by atoms with Crippen molar-refractivity contribution in [2.45, 2.75) is 42.2 Å². The van der Waals surface area contributed by atoms with E-state index in [1.54, 1.807) is 26.4 Å². The Balaban J connectivity index is 1.49. The summed E-state index contributed by atoms with van der Waals surface area (Å²) in [5.41, 5.74) is 3.96. The number of halogens is 1. The van der Waals surface area contributed by atoms with Gasteiger partial charge in [-0.2, -0.15) is 0 Å². The Morgan fingerprint density at radius 1 is 0.972 bits per heavy atom. The highest BCUT2D eigenvalue weighted by molar-refractivity contribution is 7.92. The monoisotopic (exact) mass is 510 g/mol. The molecule has 5 rings (SSSR count). The number of nitrogens with one attached hydrogen (secondary N) is 1. The van der Waals surface area contributed by atoms with Crippen LogP contribution in [0, 0.1) is 5.82 Å². The number of aliphatic hydroxyl groups is 1. The van der Waals surface area contributed by atoms with Gasteiger partial charge in [0, 0.05) is 22.7 Å². The van der Waals surface area contributed by atoms with E-state index >= 15 is 0 Å². The van der Waals surface area contributed by atoms with Gasteiger partial charge in [0.1, 0.15) is 5.82 Å². The largest absolute Gasteiger partial charge is 0.493 e. The highest BCUT2D eigenvalue weighted by Crippen LogP contribution is 2.45. The van der Waals surface area contributed by atoms with Crippen LogP contribution in [0.4, 0.5) is 10.1 Å². The lowest BCUT2D eigenvalue weighted by molar-refractivity contribution is 0.111. The van der Waals surface area contributed by atoms with E-state index in [2.05, 4.69) is 4.72 Å². The Bertz CT molecular complexity index is 1410. The van der Waals surface area contributed by atoms with E-state index in [4.69, 9.17) is 14.5 Å². The standard InChI is InChI=1S/C27H27FN2O5S/c1-34-25-14-21-22-13-19(31)9-12-24(22)29-27(23(21)15-26(25)35-2)16-3-7-18(8-4-16)30-36(32,33)20-10-5-17(28)6-11-20/h3-8,10-11,14-15,19,22,24,30-31H,9,12-13H2,1-2H3. The minimum atomic E-state index is -3.86. The molecule has 1 saturated carbocycles. The van der Waals surface area contributed by atoms with Gasteiger partial charge in [-0.3, -0.25) is 9.71 Å². The molecule has 188 valence electrons. The first-order chi connectivity index (χ1) is 17.3. The molecule has 0 amide bonds. The van der Waals surface area contributed by atoms with Gasteiger partial charge in [-0.25, -0.2) is 12.8 Å². The Hall–Kier alpha value is -3.43. The molecule has 1 aliphatic carbocycles. The van der Waals surface area contributed by atoms with Crippen LogP contribution in [0.1, 0.15) is 41.9 Å². The maximum Gasteiger partial charge on any atom is 0.261 e. The number of fused-ring (bicyclic) bond motifs is 3. The number of rotatable bonds is 6. The molecule has 1 aliphatic heterocycles. The first-order valence-electron chi connectivity index (χ1n) is 11.7. The summed E-state index contributed by atoms with van der Waals surface area (Å²) in [6, 6.07) is 15.6. The summed E-state index contributed by atoms with van der Waals surface area (Å²) in [6.07, 6.45) is 1.74. The summed E-state index contributed by atoms with van der Waals surface area (Å²) in [6.45, 7) is 0. The van der Waals surface area contributed by atoms with Gasteiger partial charge in [0.2, 0.25) is 0 Å². The fourth-order valence-corrected chi connectivity index (χ4v) is 6.08. The molecule has 7 nitrogen and oxygen atoms in total. The zero-order valence-electron chi connectivity index (χ0n) is 19.9. The molecule has 36 heavy (non-hydrogen) atoms. The second-order valence-electron chi connectivity index (χ2n) is 9.05. The van der Waals surface area contributed by atoms with Gasteiger partial charge >= 0.3 is 0 Å². The lowest BCUT2D eigenvalue weighted by atomic mass is 9.74. The van der Waals surface area contributed by atoms with Crippen LogP contribution in [-0.2, 0) is 10.0 Å². The van der Waals surface area contributed by atoms with Crippen molar-refractivity contribution in [2.24, 2.45) is 4.99 Å². The number of sulfonamides is 1. The predicted molar refractivity (Wildman–Crippen MR) is 135 cm³/mol. The third-order valence-electron chi connectivity index (χ3n) is 6.83. The average molecular weight is 511 g/mol. The highest BCUT2D eigenvalue weighted by atomic mass is 32.2. The summed E-state index contributed by atoms with van der Waals surface area (Å²) in [7, 11) is -0.675. The molecule has 1 heterocycles. The van der Waals surface area contributed by atoms with Crippen molar-refractivity contribution >= 4 is 21.4 Å². The van der Waals surface area contributed by atoms with Crippen LogP contribution in [0.2, 0.25) is 0 Å². The average Bonchev–Trinajstić information content (AvgIpc) is 2.88. The Morgan fingerprint density at radius 3 is 2.31 bits per heavy atom. The van der Waals surface area contributed by atoms with Gasteiger partial charge in [-0.15, -0.1) is 0 Å². The second kappa shape index (κ2) is 9.55. The molecular weight excluding hydrogens is 483 g/mol. The fourth-order valence-electron chi connectivity index (χ4n) is 5.02. The van der Waals surface area contributed by atoms with E-state index in [0.717, 1.165) is 41.0 Å². The van der Waals surface area contributed by atoms with Crippen LogP contribution in [-0.4, -0.2) is 45.6 Å². The van der Waals surface area contributed by atoms with Gasteiger partial charge in [0.25, 0.3) is 10.0 Å². The zero-order chi connectivity index (χ0) is 25.4. The van der Waals surface area contributed by atoms with E-state index in [1.165, 1.54) is 12.1 Å². The Morgan fingerprint density at radius 2 is 1.64 bits per heavy atom. The lowest BCUT2D eigenvalue weighted by Gasteiger charge is -2.37. The number of hydrogen-bond acceptors (Lipinski definition) is 6. The molecule has 9 heteroatoms. The molecule has 3 aromatic carbocycles. The summed E-state index contributed by atoms with van der Waals surface area (Å²) in [4.78, 5) is 5.05. The maximum atomic E-state index is 13.2. The molecule has 0 bridgehead atoms. The van der Waals surface area contributed by atoms with Crippen molar-refractivity contribution in [3.8, 4) is 11.5 Å². The van der Waals surface area contributed by atoms with E-state index < -0.39 is 15.8 Å². The van der Waals surface area contributed by atoms with E-state index in [0.29, 0.717) is 30.0 Å². The quantitative estimate of drug-likeness (QED) is 0.509. The number of ether oxygens (including phenoxy) is 2. The fraction of sp³-hybridized carbons (Fsp3) is 0.296. The van der Waals surface area contributed by atoms with Crippen molar-refractivity contribution < 1.29 is 27.4 Å². The predicted octanol–water partition coefficient (Wildman–Crippen LogP) is 4.49. The second-order valence-corrected chi connectivity index (χ2v) is 10.7. The molecule has 0 spiro atoms. The van der Waals surface area contributed by atoms with Crippen molar-refractivity contribution in [3.63, 3.8) is 0 Å². The number of aliphatic imine (C=N–C) groups is 1. The Labute approximate surface area is 209 Å². The third kappa shape index (κ3) is 4.56. The molecule has 1 fully saturated rings. The van der Waals surface area contributed by atoms with E-state index in [-0.39, 0.29) is 23.0 Å². The van der Waals surface area contributed by atoms with Gasteiger partial charge in [-0.05, 0) is 73.4 Å². The maximum absolute atomic E-state index is 13.2. The number of methoxy groups -OCH3 is 2. The molecule has 0 radical (unpaired) electrons. The number of anilines is 1. The molecule has 0 aromatic heterocycles. The van der Waals surface area contributed by atoms with Gasteiger partial charge in [-0.1, -0.05) is 12.1 Å². The van der Waals surface area contributed by atoms with Gasteiger partial charge in [0.05, 0.1) is 37.0 Å². The molecule has 2 aliphatic rings. The van der Waals surface area contributed by atoms with E-state index in [1.807, 2.05) is 24.3 Å². The first-order valence-corrected chi connectivity index (χ1v) is 13.2. The molecule has 2 N–H and O–H groups in total. The topological polar surface area (TPSA) is 97.2 Å². The summed E-state index contributed by atoms with van der Waals surface area (Å²) in [5.74, 6) is 0.786. The molecule has 3 atom stereocenters. The highest BCUT2D eigenvalue weighted by Gasteiger charge is 2.37. The zero-order valence-corrected chi connectivity index (χ0v) is 20.8. The van der Waals surface area contributed by atoms with Gasteiger partial charge in [0.15, 0.2) is 11.5 Å². The molecular formula is C27H27FN2O5S. The normalized spacial score (nSPS) is 21.1. The van der Waals surface area contributed by atoms with Crippen LogP contribution in [0.5, 0.6) is 11.5 Å². The number of benzene rings is 3. The van der Waals surface area contributed by atoms with Crippen LogP contribution < -0.4 is 14.2 Å². The first kappa shape index (κ1) is 24.3. The third-order valence-corrected chi connectivity index (χ3v) is 8.22. The molecule has 3 aromatic rings. The van der Waals surface area contributed by atoms with Crippen LogP contribution in [0.15, 0.2) is 70.6 Å². The SMILES string of the molecule is COc1cc2c(cc1OC)C1CC(O)CCC1N=C2c1ccc(NS(=O)(=O)c2ccc(F)cc2)cc1. The van der Waals surface area contributed by atoms with Crippen LogP contribution in [0.25, 0.3) is 0 Å². The Kier molecular flexibility index (Phi) is 6.44. The minimum Gasteiger partial charge on any atom is -0.493 e.